The van der Waals surface area contributed by atoms with Crippen LogP contribution in [0.25, 0.3) is 11.0 Å². The molecule has 0 bridgehead atoms. The number of aromatic nitrogens is 3. The van der Waals surface area contributed by atoms with Gasteiger partial charge in [-0.3, -0.25) is 4.79 Å². The van der Waals surface area contributed by atoms with Gasteiger partial charge in [-0.1, -0.05) is 30.3 Å². The molecule has 3 aromatic rings. The monoisotopic (exact) mass is 470 g/mol. The second-order valence-corrected chi connectivity index (χ2v) is 9.13. The third kappa shape index (κ3) is 4.48. The molecule has 5 rings (SSSR count). The minimum absolute atomic E-state index is 0. The highest BCUT2D eigenvalue weighted by Crippen LogP contribution is 2.31. The van der Waals surface area contributed by atoms with Crippen molar-refractivity contribution in [3.05, 3.63) is 65.1 Å². The summed E-state index contributed by atoms with van der Waals surface area (Å²) in [6.45, 7) is 3.83. The molecule has 1 amide bonds. The van der Waals surface area contributed by atoms with Crippen LogP contribution in [0, 0.1) is 6.92 Å². The summed E-state index contributed by atoms with van der Waals surface area (Å²) in [6, 6.07) is 10.4. The highest BCUT2D eigenvalue weighted by Gasteiger charge is 2.29. The van der Waals surface area contributed by atoms with E-state index in [4.69, 9.17) is 0 Å². The highest BCUT2D eigenvalue weighted by molar-refractivity contribution is 8.04. The molecular formula is C23H27ClN6OS. The number of anilines is 1. The normalized spacial score (nSPS) is 19.3. The third-order valence-electron chi connectivity index (χ3n) is 5.95. The van der Waals surface area contributed by atoms with E-state index in [1.165, 1.54) is 0 Å². The average Bonchev–Trinajstić information content (AvgIpc) is 3.48. The van der Waals surface area contributed by atoms with Crippen LogP contribution in [0.5, 0.6) is 0 Å². The Kier molecular flexibility index (Phi) is 7.03. The number of carbonyl (C=O) groups is 1. The minimum atomic E-state index is -0.0502. The lowest BCUT2D eigenvalue weighted by Crippen LogP contribution is -2.41. The highest BCUT2D eigenvalue weighted by atomic mass is 35.5. The molecule has 32 heavy (non-hydrogen) atoms. The second kappa shape index (κ2) is 9.94. The second-order valence-electron chi connectivity index (χ2n) is 7.99. The fraction of sp³-hybridized carbons (Fsp3) is 0.348. The summed E-state index contributed by atoms with van der Waals surface area (Å²) in [5, 5.41) is 7.86. The maximum absolute atomic E-state index is 13.3. The molecule has 1 unspecified atom stereocenters. The Bertz CT molecular complexity index is 1110. The van der Waals surface area contributed by atoms with Gasteiger partial charge in [-0.2, -0.15) is 0 Å². The van der Waals surface area contributed by atoms with Crippen molar-refractivity contribution in [3.63, 3.8) is 0 Å². The van der Waals surface area contributed by atoms with E-state index in [2.05, 4.69) is 42.6 Å². The summed E-state index contributed by atoms with van der Waals surface area (Å²) < 4.78 is 0. The predicted molar refractivity (Wildman–Crippen MR) is 132 cm³/mol. The van der Waals surface area contributed by atoms with Crippen LogP contribution in [-0.2, 0) is 4.79 Å². The van der Waals surface area contributed by atoms with Crippen LogP contribution < -0.4 is 15.5 Å². The first kappa shape index (κ1) is 22.6. The van der Waals surface area contributed by atoms with E-state index < -0.39 is 0 Å². The number of nitrogens with one attached hydrogen (secondary N) is 3. The van der Waals surface area contributed by atoms with Crippen molar-refractivity contribution >= 4 is 46.9 Å². The van der Waals surface area contributed by atoms with Gasteiger partial charge in [0.2, 0.25) is 0 Å². The molecule has 1 aromatic carbocycles. The number of H-pyrrole nitrogens is 1. The SMILES string of the molecule is Cc1c[nH]c2ncnc(N3C=C(C(=O)NC(c4ccccc4)[C@@H]4CCCN4)SCC3)c12.Cl. The zero-order valence-electron chi connectivity index (χ0n) is 17.9. The predicted octanol–water partition coefficient (Wildman–Crippen LogP) is 3.69. The van der Waals surface area contributed by atoms with Gasteiger partial charge in [0.15, 0.2) is 0 Å². The quantitative estimate of drug-likeness (QED) is 0.527. The Morgan fingerprint density at radius 1 is 1.28 bits per heavy atom. The summed E-state index contributed by atoms with van der Waals surface area (Å²) in [7, 11) is 0. The molecule has 7 nitrogen and oxygen atoms in total. The van der Waals surface area contributed by atoms with Gasteiger partial charge in [-0.15, -0.1) is 24.2 Å². The van der Waals surface area contributed by atoms with Crippen molar-refractivity contribution in [2.45, 2.75) is 31.8 Å². The van der Waals surface area contributed by atoms with Crippen LogP contribution in [0.3, 0.4) is 0 Å². The topological polar surface area (TPSA) is 85.9 Å². The number of aromatic amines is 1. The Hall–Kier alpha value is -2.55. The Labute approximate surface area is 197 Å². The van der Waals surface area contributed by atoms with Crippen molar-refractivity contribution in [2.75, 3.05) is 23.7 Å². The van der Waals surface area contributed by atoms with Crippen LogP contribution in [0.2, 0.25) is 0 Å². The van der Waals surface area contributed by atoms with E-state index in [9.17, 15) is 4.79 Å². The number of nitrogens with zero attached hydrogens (tertiary/aromatic N) is 3. The first-order chi connectivity index (χ1) is 15.2. The number of halogens is 1. The van der Waals surface area contributed by atoms with Crippen molar-refractivity contribution in [2.24, 2.45) is 0 Å². The van der Waals surface area contributed by atoms with Gasteiger partial charge >= 0.3 is 0 Å². The third-order valence-corrected chi connectivity index (χ3v) is 6.94. The van der Waals surface area contributed by atoms with Crippen molar-refractivity contribution in [1.29, 1.82) is 0 Å². The number of amides is 1. The molecule has 1 saturated heterocycles. The van der Waals surface area contributed by atoms with E-state index in [1.807, 2.05) is 37.5 Å². The zero-order chi connectivity index (χ0) is 21.2. The fourth-order valence-electron chi connectivity index (χ4n) is 4.39. The summed E-state index contributed by atoms with van der Waals surface area (Å²) in [4.78, 5) is 28.1. The van der Waals surface area contributed by atoms with Gasteiger partial charge in [0.05, 0.1) is 16.3 Å². The standard InChI is InChI=1S/C23H26N6OS.ClH/c1-15-12-25-21-19(15)22(27-14-26-21)29-10-11-31-18(13-29)23(30)28-20(17-8-5-9-24-17)16-6-3-2-4-7-16;/h2-4,6-7,12-14,17,20,24H,5,8-11H2,1H3,(H,28,30)(H,25,26,27);1H/t17-,20?;/m0./s1. The molecule has 0 radical (unpaired) electrons. The Morgan fingerprint density at radius 2 is 2.12 bits per heavy atom. The molecule has 2 aliphatic rings. The van der Waals surface area contributed by atoms with Gasteiger partial charge in [-0.05, 0) is 37.4 Å². The van der Waals surface area contributed by atoms with Crippen molar-refractivity contribution in [1.82, 2.24) is 25.6 Å². The number of aryl methyl sites for hydroxylation is 1. The van der Waals surface area contributed by atoms with Crippen molar-refractivity contribution < 1.29 is 4.79 Å². The molecule has 0 saturated carbocycles. The number of thioether (sulfide) groups is 1. The Morgan fingerprint density at radius 3 is 2.91 bits per heavy atom. The summed E-state index contributed by atoms with van der Waals surface area (Å²) >= 11 is 1.60. The molecule has 2 atom stereocenters. The smallest absolute Gasteiger partial charge is 0.259 e. The van der Waals surface area contributed by atoms with Gasteiger partial charge in [0.1, 0.15) is 17.8 Å². The first-order valence-electron chi connectivity index (χ1n) is 10.7. The van der Waals surface area contributed by atoms with E-state index >= 15 is 0 Å². The van der Waals surface area contributed by atoms with Crippen molar-refractivity contribution in [3.8, 4) is 0 Å². The van der Waals surface area contributed by atoms with E-state index in [0.717, 1.165) is 59.7 Å². The van der Waals surface area contributed by atoms with Crippen LogP contribution >= 0.6 is 24.2 Å². The first-order valence-corrected chi connectivity index (χ1v) is 11.7. The van der Waals surface area contributed by atoms with Gasteiger partial charge in [0, 0.05) is 30.7 Å². The zero-order valence-corrected chi connectivity index (χ0v) is 19.5. The maximum Gasteiger partial charge on any atom is 0.259 e. The maximum atomic E-state index is 13.3. The van der Waals surface area contributed by atoms with Gasteiger partial charge < -0.3 is 20.5 Å². The summed E-state index contributed by atoms with van der Waals surface area (Å²) in [5.41, 5.74) is 3.05. The van der Waals surface area contributed by atoms with Crippen LogP contribution in [0.15, 0.2) is 54.0 Å². The lowest BCUT2D eigenvalue weighted by atomic mass is 9.98. The molecule has 1 fully saturated rings. The van der Waals surface area contributed by atoms with Gasteiger partial charge in [0.25, 0.3) is 5.91 Å². The van der Waals surface area contributed by atoms with Crippen LogP contribution in [-0.4, -0.2) is 45.7 Å². The molecule has 9 heteroatoms. The summed E-state index contributed by atoms with van der Waals surface area (Å²) in [5.74, 6) is 1.63. The number of fused-ring (bicyclic) bond motifs is 1. The van der Waals surface area contributed by atoms with Gasteiger partial charge in [-0.25, -0.2) is 9.97 Å². The molecular weight excluding hydrogens is 444 g/mol. The number of hydrogen-bond acceptors (Lipinski definition) is 6. The largest absolute Gasteiger partial charge is 0.346 e. The lowest BCUT2D eigenvalue weighted by Gasteiger charge is -2.29. The number of benzene rings is 1. The fourth-order valence-corrected chi connectivity index (χ4v) is 5.29. The molecule has 2 aromatic heterocycles. The molecule has 4 heterocycles. The molecule has 0 aliphatic carbocycles. The van der Waals surface area contributed by atoms with E-state index in [0.29, 0.717) is 4.91 Å². The number of rotatable bonds is 5. The molecule has 0 spiro atoms. The van der Waals surface area contributed by atoms with Crippen LogP contribution in [0.4, 0.5) is 5.82 Å². The molecule has 2 aliphatic heterocycles. The molecule has 3 N–H and O–H groups in total. The summed E-state index contributed by atoms with van der Waals surface area (Å²) in [6.07, 6.45) is 7.64. The average molecular weight is 471 g/mol. The van der Waals surface area contributed by atoms with E-state index in [1.54, 1.807) is 18.1 Å². The Balaban J connectivity index is 0.00000245. The van der Waals surface area contributed by atoms with Crippen LogP contribution in [0.1, 0.15) is 30.0 Å². The number of hydrogen-bond donors (Lipinski definition) is 3. The van der Waals surface area contributed by atoms with E-state index in [-0.39, 0.29) is 30.4 Å². The molecule has 168 valence electrons. The lowest BCUT2D eigenvalue weighted by molar-refractivity contribution is -0.117. The minimum Gasteiger partial charge on any atom is -0.346 e. The number of carbonyl (C=O) groups excluding carboxylic acids is 1.